The number of aromatic hydroxyl groups is 1. The molecule has 34 heavy (non-hydrogen) atoms. The lowest BCUT2D eigenvalue weighted by Gasteiger charge is -2.15. The normalized spacial score (nSPS) is 18.5. The summed E-state index contributed by atoms with van der Waals surface area (Å²) < 4.78 is 2.05. The molecule has 0 aliphatic heterocycles. The minimum absolute atomic E-state index is 0.237. The number of aryl methyl sites for hydroxylation is 1. The summed E-state index contributed by atoms with van der Waals surface area (Å²) in [7, 11) is 2.00. The average Bonchev–Trinajstić information content (AvgIpc) is 3.59. The summed E-state index contributed by atoms with van der Waals surface area (Å²) >= 11 is 0. The van der Waals surface area contributed by atoms with Crippen LogP contribution in [0.1, 0.15) is 42.4 Å². The van der Waals surface area contributed by atoms with Gasteiger partial charge in [-0.15, -0.1) is 0 Å². The monoisotopic (exact) mass is 443 g/mol. The molecule has 2 bridgehead atoms. The summed E-state index contributed by atoms with van der Waals surface area (Å²) in [6.07, 6.45) is 3.90. The quantitative estimate of drug-likeness (QED) is 0.325. The van der Waals surface area contributed by atoms with E-state index in [-0.39, 0.29) is 5.75 Å². The lowest BCUT2D eigenvalue weighted by atomic mass is 9.94. The highest BCUT2D eigenvalue weighted by Gasteiger charge is 2.38. The van der Waals surface area contributed by atoms with E-state index in [0.717, 1.165) is 50.7 Å². The molecule has 2 heterocycles. The van der Waals surface area contributed by atoms with Crippen LogP contribution in [0.25, 0.3) is 44.8 Å². The minimum atomic E-state index is 0.237. The van der Waals surface area contributed by atoms with Gasteiger partial charge >= 0.3 is 0 Å². The SMILES string of the molecule is Cn1c(-c2ccccc2O)nc2c(-c3cccc(-c4ccc5c(n4)C4CCC5C4)c3)cccc21. The van der Waals surface area contributed by atoms with Gasteiger partial charge in [0, 0.05) is 29.8 Å². The maximum Gasteiger partial charge on any atom is 0.144 e. The van der Waals surface area contributed by atoms with E-state index in [9.17, 15) is 5.11 Å². The van der Waals surface area contributed by atoms with Crippen LogP contribution in [-0.2, 0) is 7.05 Å². The molecule has 166 valence electrons. The Kier molecular flexibility index (Phi) is 4.19. The summed E-state index contributed by atoms with van der Waals surface area (Å²) in [5, 5.41) is 10.4. The second kappa shape index (κ2) is 7.29. The molecule has 0 spiro atoms. The predicted octanol–water partition coefficient (Wildman–Crippen LogP) is 7.04. The molecule has 3 aromatic carbocycles. The first-order chi connectivity index (χ1) is 16.7. The van der Waals surface area contributed by atoms with E-state index in [4.69, 9.17) is 9.97 Å². The Labute approximate surface area is 198 Å². The molecule has 2 aromatic heterocycles. The molecule has 0 saturated heterocycles. The molecule has 2 atom stereocenters. The van der Waals surface area contributed by atoms with Gasteiger partial charge in [-0.25, -0.2) is 4.98 Å². The van der Waals surface area contributed by atoms with E-state index >= 15 is 0 Å². The van der Waals surface area contributed by atoms with Crippen molar-refractivity contribution in [3.8, 4) is 39.5 Å². The van der Waals surface area contributed by atoms with Gasteiger partial charge in [0.15, 0.2) is 0 Å². The summed E-state index contributed by atoms with van der Waals surface area (Å²) in [5.74, 6) is 2.37. The second-order valence-corrected chi connectivity index (χ2v) is 9.64. The van der Waals surface area contributed by atoms with Gasteiger partial charge in [0.1, 0.15) is 11.6 Å². The molecule has 0 amide bonds. The van der Waals surface area contributed by atoms with Crippen LogP contribution in [0.5, 0.6) is 5.75 Å². The molecule has 0 radical (unpaired) electrons. The van der Waals surface area contributed by atoms with Crippen LogP contribution in [-0.4, -0.2) is 19.6 Å². The molecule has 2 aliphatic carbocycles. The van der Waals surface area contributed by atoms with Crippen LogP contribution in [0, 0.1) is 0 Å². The number of fused-ring (bicyclic) bond motifs is 6. The fourth-order valence-corrected chi connectivity index (χ4v) is 6.03. The Morgan fingerprint density at radius 3 is 2.50 bits per heavy atom. The van der Waals surface area contributed by atoms with Crippen molar-refractivity contribution in [3.63, 3.8) is 0 Å². The predicted molar refractivity (Wildman–Crippen MR) is 136 cm³/mol. The van der Waals surface area contributed by atoms with E-state index in [2.05, 4.69) is 59.2 Å². The lowest BCUT2D eigenvalue weighted by Crippen LogP contribution is -2.01. The van der Waals surface area contributed by atoms with Crippen molar-refractivity contribution in [2.75, 3.05) is 0 Å². The molecule has 4 heteroatoms. The van der Waals surface area contributed by atoms with Gasteiger partial charge < -0.3 is 9.67 Å². The Balaban J connectivity index is 1.34. The number of hydrogen-bond acceptors (Lipinski definition) is 3. The first-order valence-corrected chi connectivity index (χ1v) is 12.0. The van der Waals surface area contributed by atoms with Crippen LogP contribution < -0.4 is 0 Å². The third-order valence-electron chi connectivity index (χ3n) is 7.74. The third-order valence-corrected chi connectivity index (χ3v) is 7.74. The number of phenolic OH excluding ortho intramolecular Hbond substituents is 1. The number of para-hydroxylation sites is 2. The van der Waals surface area contributed by atoms with Crippen molar-refractivity contribution in [2.24, 2.45) is 7.05 Å². The molecular weight excluding hydrogens is 418 g/mol. The first kappa shape index (κ1) is 19.5. The highest BCUT2D eigenvalue weighted by Crippen LogP contribution is 2.52. The molecule has 5 aromatic rings. The molecule has 7 rings (SSSR count). The van der Waals surface area contributed by atoms with E-state index in [0.29, 0.717) is 5.92 Å². The number of rotatable bonds is 3. The van der Waals surface area contributed by atoms with Crippen molar-refractivity contribution >= 4 is 11.0 Å². The number of nitrogens with zero attached hydrogens (tertiary/aromatic N) is 3. The zero-order valence-electron chi connectivity index (χ0n) is 19.1. The van der Waals surface area contributed by atoms with Crippen LogP contribution in [0.15, 0.2) is 78.9 Å². The fourth-order valence-electron chi connectivity index (χ4n) is 6.03. The van der Waals surface area contributed by atoms with Gasteiger partial charge in [-0.1, -0.05) is 48.5 Å². The highest BCUT2D eigenvalue weighted by atomic mass is 16.3. The van der Waals surface area contributed by atoms with Gasteiger partial charge in [0.2, 0.25) is 0 Å². The fraction of sp³-hybridized carbons (Fsp3) is 0.200. The van der Waals surface area contributed by atoms with Gasteiger partial charge in [-0.3, -0.25) is 4.98 Å². The summed E-state index contributed by atoms with van der Waals surface area (Å²) in [5.41, 5.74) is 9.90. The van der Waals surface area contributed by atoms with Gasteiger partial charge in [0.05, 0.1) is 22.3 Å². The van der Waals surface area contributed by atoms with Crippen molar-refractivity contribution < 1.29 is 5.11 Å². The number of hydrogen-bond donors (Lipinski definition) is 1. The molecule has 1 saturated carbocycles. The Morgan fingerprint density at radius 2 is 1.59 bits per heavy atom. The van der Waals surface area contributed by atoms with Crippen LogP contribution in [0.2, 0.25) is 0 Å². The van der Waals surface area contributed by atoms with Gasteiger partial charge in [-0.05, 0) is 66.6 Å². The molecule has 4 nitrogen and oxygen atoms in total. The van der Waals surface area contributed by atoms with E-state index in [1.54, 1.807) is 6.07 Å². The van der Waals surface area contributed by atoms with Gasteiger partial charge in [-0.2, -0.15) is 0 Å². The van der Waals surface area contributed by atoms with Crippen molar-refractivity contribution in [1.29, 1.82) is 0 Å². The number of imidazole rings is 1. The third kappa shape index (κ3) is 2.84. The lowest BCUT2D eigenvalue weighted by molar-refractivity contribution is 0.476. The van der Waals surface area contributed by atoms with Crippen molar-refractivity contribution in [2.45, 2.75) is 31.1 Å². The number of aromatic nitrogens is 3. The molecular formula is C30H25N3O. The van der Waals surface area contributed by atoms with Crippen LogP contribution in [0.4, 0.5) is 0 Å². The number of phenols is 1. The van der Waals surface area contributed by atoms with E-state index < -0.39 is 0 Å². The molecule has 1 fully saturated rings. The summed E-state index contributed by atoms with van der Waals surface area (Å²) in [6.45, 7) is 0. The van der Waals surface area contributed by atoms with Crippen molar-refractivity contribution in [3.05, 3.63) is 90.1 Å². The number of pyridine rings is 1. The summed E-state index contributed by atoms with van der Waals surface area (Å²) in [4.78, 5) is 10.1. The topological polar surface area (TPSA) is 50.9 Å². The maximum absolute atomic E-state index is 10.4. The Bertz CT molecular complexity index is 1580. The van der Waals surface area contributed by atoms with E-state index in [1.807, 2.05) is 25.2 Å². The smallest absolute Gasteiger partial charge is 0.144 e. The van der Waals surface area contributed by atoms with Crippen molar-refractivity contribution in [1.82, 2.24) is 14.5 Å². The second-order valence-electron chi connectivity index (χ2n) is 9.64. The van der Waals surface area contributed by atoms with Crippen LogP contribution in [0.3, 0.4) is 0 Å². The number of benzene rings is 3. The standard InChI is InChI=1S/C30H25N3O/c1-33-26-10-5-9-22(29(26)32-30(33)24-8-2-3-11-27(24)34)18-6-4-7-20(16-18)25-15-14-23-19-12-13-21(17-19)28(23)31-25/h2-11,14-16,19,21,34H,12-13,17H2,1H3. The maximum atomic E-state index is 10.4. The molecule has 2 aliphatic rings. The Hall–Kier alpha value is -3.92. The molecule has 1 N–H and O–H groups in total. The molecule has 2 unspecified atom stereocenters. The summed E-state index contributed by atoms with van der Waals surface area (Å²) in [6, 6.07) is 26.8. The highest BCUT2D eigenvalue weighted by molar-refractivity contribution is 5.95. The minimum Gasteiger partial charge on any atom is -0.507 e. The zero-order chi connectivity index (χ0) is 22.8. The van der Waals surface area contributed by atoms with Gasteiger partial charge in [0.25, 0.3) is 0 Å². The van der Waals surface area contributed by atoms with E-state index in [1.165, 1.54) is 30.5 Å². The van der Waals surface area contributed by atoms with Crippen LogP contribution >= 0.6 is 0 Å². The average molecular weight is 444 g/mol. The zero-order valence-corrected chi connectivity index (χ0v) is 19.1. The Morgan fingerprint density at radius 1 is 0.794 bits per heavy atom. The largest absolute Gasteiger partial charge is 0.507 e. The first-order valence-electron chi connectivity index (χ1n) is 12.0.